The molecule has 2 heterocycles. The number of hydrogen-bond acceptors (Lipinski definition) is 4. The molecule has 1 unspecified atom stereocenters. The molecular weight excluding hydrogens is 534 g/mol. The smallest absolute Gasteiger partial charge is 0.858 e. The molecule has 0 spiro atoms. The number of piperidine rings is 1. The van der Waals surface area contributed by atoms with Gasteiger partial charge in [0.25, 0.3) is 0 Å². The molecule has 0 bridgehead atoms. The molecule has 9 heteroatoms. The summed E-state index contributed by atoms with van der Waals surface area (Å²) in [6, 6.07) is 0. The summed E-state index contributed by atoms with van der Waals surface area (Å²) in [4.78, 5) is 16.0. The zero-order valence-corrected chi connectivity index (χ0v) is 18.4. The van der Waals surface area contributed by atoms with Crippen LogP contribution in [0.3, 0.4) is 0 Å². The maximum atomic E-state index is 11.9. The van der Waals surface area contributed by atoms with Gasteiger partial charge in [-0.15, -0.1) is 13.1 Å². The molecule has 0 aliphatic carbocycles. The van der Waals surface area contributed by atoms with Crippen molar-refractivity contribution in [3.8, 4) is 0 Å². The minimum Gasteiger partial charge on any atom is -0.858 e. The van der Waals surface area contributed by atoms with E-state index >= 15 is 0 Å². The molecule has 27 heavy (non-hydrogen) atoms. The fraction of sp³-hybridized carbons (Fsp3) is 0.667. The van der Waals surface area contributed by atoms with Crippen LogP contribution < -0.4 is 15.7 Å². The molecular formula is C18H30Ag2N5O2-. The fourth-order valence-corrected chi connectivity index (χ4v) is 2.82. The van der Waals surface area contributed by atoms with Crippen LogP contribution in [-0.4, -0.2) is 44.5 Å². The van der Waals surface area contributed by atoms with Crippen LogP contribution in [0.2, 0.25) is 0 Å². The average molecular weight is 564 g/mol. The minimum atomic E-state index is -0.149. The van der Waals surface area contributed by atoms with Crippen molar-refractivity contribution in [2.45, 2.75) is 38.5 Å². The summed E-state index contributed by atoms with van der Waals surface area (Å²) in [6.45, 7) is 3.65. The Kier molecular flexibility index (Phi) is 18.9. The zero-order chi connectivity index (χ0) is 17.0. The van der Waals surface area contributed by atoms with Crippen molar-refractivity contribution < 1.29 is 54.7 Å². The van der Waals surface area contributed by atoms with Crippen LogP contribution in [0, 0.1) is 5.92 Å². The van der Waals surface area contributed by atoms with Gasteiger partial charge in [-0.25, -0.2) is 0 Å². The Morgan fingerprint density at radius 2 is 2.07 bits per heavy atom. The molecule has 0 radical (unpaired) electrons. The van der Waals surface area contributed by atoms with Gasteiger partial charge in [0.15, 0.2) is 0 Å². The van der Waals surface area contributed by atoms with Crippen LogP contribution in [0.4, 0.5) is 0 Å². The van der Waals surface area contributed by atoms with E-state index < -0.39 is 0 Å². The predicted molar refractivity (Wildman–Crippen MR) is 100 cm³/mol. The number of nitrogens with two attached hydrogens (primary N) is 1. The van der Waals surface area contributed by atoms with E-state index in [4.69, 9.17) is 0 Å². The number of unbranched alkanes of at least 4 members (excludes halogenated alkanes) is 3. The van der Waals surface area contributed by atoms with Crippen LogP contribution >= 0.6 is 0 Å². The molecule has 2 rings (SSSR count). The third kappa shape index (κ3) is 11.9. The molecule has 1 saturated heterocycles. The number of nitrogens with zero attached hydrogens (tertiary/aromatic N) is 2. The molecule has 0 aromatic heterocycles. The summed E-state index contributed by atoms with van der Waals surface area (Å²) < 4.78 is 0. The van der Waals surface area contributed by atoms with Crippen LogP contribution in [0.15, 0.2) is 28.9 Å². The first-order valence-electron chi connectivity index (χ1n) is 9.00. The third-order valence-corrected chi connectivity index (χ3v) is 4.27. The van der Waals surface area contributed by atoms with Crippen LogP contribution in [0.5, 0.6) is 0 Å². The summed E-state index contributed by atoms with van der Waals surface area (Å²) in [5.74, 6) is 0.0891. The number of rotatable bonds is 9. The third-order valence-electron chi connectivity index (χ3n) is 4.27. The van der Waals surface area contributed by atoms with E-state index in [1.54, 1.807) is 6.20 Å². The van der Waals surface area contributed by atoms with Gasteiger partial charge in [0.05, 0.1) is 0 Å². The SMILES string of the molecule is O=C(NCCCCCCN=C([O-])C1=CNCC=C1)C1CCC[N-]C1.[Ag+].[Ag+].[NH2-]. The molecule has 1 fully saturated rings. The van der Waals surface area contributed by atoms with Gasteiger partial charge < -0.3 is 32.2 Å². The summed E-state index contributed by atoms with van der Waals surface area (Å²) >= 11 is 0. The van der Waals surface area contributed by atoms with Crippen molar-refractivity contribution in [2.24, 2.45) is 10.9 Å². The zero-order valence-electron chi connectivity index (χ0n) is 15.5. The van der Waals surface area contributed by atoms with Gasteiger partial charge in [-0.2, -0.15) is 0 Å². The quantitative estimate of drug-likeness (QED) is 0.193. The summed E-state index contributed by atoms with van der Waals surface area (Å²) in [5.41, 5.74) is 0.624. The standard InChI is InChI=1S/C18H29N4O2.2Ag.H2N/c23-17(15-7-5-9-19-13-15)21-11-3-1-2-4-12-22-18(24)16-8-6-10-20-14-16;;;/h5,7,13,16,19H,1-4,6,8-12,14H2,(H,21,23)(H,22,24);;;1H2/q-1;2*+1;-1/p-1. The van der Waals surface area contributed by atoms with E-state index in [1.165, 1.54) is 0 Å². The number of dihydropyridines is 1. The van der Waals surface area contributed by atoms with E-state index in [0.29, 0.717) is 18.7 Å². The van der Waals surface area contributed by atoms with Crippen LogP contribution in [-0.2, 0) is 49.6 Å². The van der Waals surface area contributed by atoms with Gasteiger partial charge in [0.2, 0.25) is 5.91 Å². The molecule has 0 aromatic carbocycles. The van der Waals surface area contributed by atoms with E-state index in [1.807, 2.05) is 12.2 Å². The van der Waals surface area contributed by atoms with Gasteiger partial charge in [-0.3, -0.25) is 4.79 Å². The second kappa shape index (κ2) is 17.7. The van der Waals surface area contributed by atoms with Crippen molar-refractivity contribution in [3.05, 3.63) is 35.4 Å². The van der Waals surface area contributed by atoms with E-state index in [2.05, 4.69) is 20.9 Å². The van der Waals surface area contributed by atoms with Gasteiger partial charge >= 0.3 is 44.8 Å². The number of hydrogen-bond donors (Lipinski definition) is 2. The molecule has 2 aliphatic heterocycles. The van der Waals surface area contributed by atoms with Crippen LogP contribution in [0.25, 0.3) is 11.5 Å². The van der Waals surface area contributed by atoms with Gasteiger partial charge in [0.1, 0.15) is 0 Å². The molecule has 162 valence electrons. The van der Waals surface area contributed by atoms with Crippen LogP contribution in [0.1, 0.15) is 38.5 Å². The minimum absolute atomic E-state index is 0. The van der Waals surface area contributed by atoms with Crippen molar-refractivity contribution in [3.63, 3.8) is 0 Å². The summed E-state index contributed by atoms with van der Waals surface area (Å²) in [7, 11) is 0. The second-order valence-electron chi connectivity index (χ2n) is 6.27. The Morgan fingerprint density at radius 1 is 1.30 bits per heavy atom. The maximum absolute atomic E-state index is 11.9. The number of nitrogens with one attached hydrogen (secondary N) is 2. The first-order valence-corrected chi connectivity index (χ1v) is 9.00. The molecule has 1 amide bonds. The van der Waals surface area contributed by atoms with E-state index in [-0.39, 0.29) is 68.6 Å². The first-order chi connectivity index (χ1) is 11.8. The second-order valence-corrected chi connectivity index (χ2v) is 6.27. The van der Waals surface area contributed by atoms with Crippen molar-refractivity contribution in [2.75, 3.05) is 32.7 Å². The maximum Gasteiger partial charge on any atom is 1.00 e. The normalized spacial score (nSPS) is 18.7. The Hall–Kier alpha value is -0.379. The Labute approximate surface area is 193 Å². The van der Waals surface area contributed by atoms with E-state index in [0.717, 1.165) is 58.2 Å². The van der Waals surface area contributed by atoms with Crippen molar-refractivity contribution in [1.29, 1.82) is 0 Å². The monoisotopic (exact) mass is 562 g/mol. The molecule has 2 aliphatic rings. The van der Waals surface area contributed by atoms with Gasteiger partial charge in [0, 0.05) is 37.3 Å². The first kappa shape index (κ1) is 28.8. The topological polar surface area (TPSA) is 124 Å². The van der Waals surface area contributed by atoms with Crippen molar-refractivity contribution in [1.82, 2.24) is 10.6 Å². The summed E-state index contributed by atoms with van der Waals surface area (Å²) in [6.07, 6.45) is 11.4. The fourth-order valence-electron chi connectivity index (χ4n) is 2.82. The number of aliphatic imine (C=N–C) groups is 1. The predicted octanol–water partition coefficient (Wildman–Crippen LogP) is 1.96. The number of carbonyl (C=O) groups is 1. The van der Waals surface area contributed by atoms with Gasteiger partial charge in [-0.05, 0) is 25.2 Å². The molecule has 1 atom stereocenters. The van der Waals surface area contributed by atoms with E-state index in [9.17, 15) is 9.90 Å². The number of carbonyl (C=O) groups excluding carboxylic acids is 1. The Morgan fingerprint density at radius 3 is 2.74 bits per heavy atom. The number of amides is 1. The molecule has 4 N–H and O–H groups in total. The van der Waals surface area contributed by atoms with Crippen molar-refractivity contribution >= 4 is 11.8 Å². The summed E-state index contributed by atoms with van der Waals surface area (Å²) in [5, 5.41) is 22.1. The average Bonchev–Trinajstić information content (AvgIpc) is 2.65. The van der Waals surface area contributed by atoms with Gasteiger partial charge in [-0.1, -0.05) is 31.4 Å². The Bertz CT molecular complexity index is 492. The molecule has 0 saturated carbocycles. The Balaban J connectivity index is 0. The largest absolute Gasteiger partial charge is 1.00 e. The molecule has 0 aromatic rings. The molecule has 7 nitrogen and oxygen atoms in total.